The first kappa shape index (κ1) is 26.4. The molecule has 2 aromatic rings. The summed E-state index contributed by atoms with van der Waals surface area (Å²) >= 11 is 0. The van der Waals surface area contributed by atoms with Crippen LogP contribution in [-0.2, 0) is 4.79 Å². The molecule has 210 valence electrons. The van der Waals surface area contributed by atoms with E-state index in [2.05, 4.69) is 43.1 Å². The number of carbonyl (C=O) groups excluding carboxylic acids is 1. The molecule has 0 saturated carbocycles. The number of carbonyl (C=O) groups is 1. The zero-order valence-electron chi connectivity index (χ0n) is 22.8. The largest absolute Gasteiger partial charge is 0.457 e. The number of piperazine rings is 1. The summed E-state index contributed by atoms with van der Waals surface area (Å²) in [6, 6.07) is 17.8. The van der Waals surface area contributed by atoms with E-state index in [4.69, 9.17) is 10.5 Å². The van der Waals surface area contributed by atoms with Gasteiger partial charge in [0.2, 0.25) is 5.91 Å². The number of likely N-dealkylation sites (tertiary alicyclic amines) is 1. The zero-order chi connectivity index (χ0) is 27.3. The Balaban J connectivity index is 1.14. The summed E-state index contributed by atoms with van der Waals surface area (Å²) in [5.74, 6) is 3.15. The molecule has 0 bridgehead atoms. The number of piperidine rings is 1. The average Bonchev–Trinajstić information content (AvgIpc) is 3.40. The van der Waals surface area contributed by atoms with Crippen LogP contribution in [0.2, 0.25) is 0 Å². The number of nitrogens with two attached hydrogens (primary N) is 1. The summed E-state index contributed by atoms with van der Waals surface area (Å²) in [4.78, 5) is 21.9. The molecule has 0 radical (unpaired) electrons. The summed E-state index contributed by atoms with van der Waals surface area (Å²) < 4.78 is 5.98. The van der Waals surface area contributed by atoms with Crippen molar-refractivity contribution in [3.63, 3.8) is 0 Å². The zero-order valence-corrected chi connectivity index (χ0v) is 22.8. The van der Waals surface area contributed by atoms with E-state index in [1.54, 1.807) is 6.08 Å². The molecule has 2 saturated heterocycles. The molecule has 4 heterocycles. The topological polar surface area (TPSA) is 110 Å². The molecule has 2 aromatic carbocycles. The molecular formula is C30H38N8O2. The third-order valence-corrected chi connectivity index (χ3v) is 7.92. The Morgan fingerprint density at radius 2 is 1.82 bits per heavy atom. The van der Waals surface area contributed by atoms with Crippen LogP contribution < -0.4 is 26.5 Å². The number of nitrogens with one attached hydrogen (secondary N) is 3. The molecule has 0 aliphatic carbocycles. The SMILES string of the molecule is NC1=NCNC2=C1C(c1ccc(Oc3ccccc3)cc1)NN2[C@@H]1CCCN(C(=O)/C=C/CN2CCNCC2)C1. The van der Waals surface area contributed by atoms with Crippen LogP contribution in [0, 0.1) is 0 Å². The summed E-state index contributed by atoms with van der Waals surface area (Å²) in [5, 5.41) is 8.98. The van der Waals surface area contributed by atoms with Gasteiger partial charge in [0.1, 0.15) is 29.8 Å². The van der Waals surface area contributed by atoms with Gasteiger partial charge in [-0.05, 0) is 42.7 Å². The first-order valence-corrected chi connectivity index (χ1v) is 14.2. The number of hydrogen-bond donors (Lipinski definition) is 4. The number of para-hydroxylation sites is 1. The second-order valence-corrected chi connectivity index (χ2v) is 10.6. The minimum Gasteiger partial charge on any atom is -0.457 e. The van der Waals surface area contributed by atoms with Gasteiger partial charge >= 0.3 is 0 Å². The number of aliphatic imine (C=N–C) groups is 1. The van der Waals surface area contributed by atoms with Gasteiger partial charge in [-0.15, -0.1) is 0 Å². The molecule has 0 spiro atoms. The molecule has 2 fully saturated rings. The molecule has 4 aliphatic heterocycles. The molecule has 10 nitrogen and oxygen atoms in total. The summed E-state index contributed by atoms with van der Waals surface area (Å²) in [6.45, 7) is 6.72. The lowest BCUT2D eigenvalue weighted by atomic mass is 9.98. The third kappa shape index (κ3) is 5.84. The van der Waals surface area contributed by atoms with Gasteiger partial charge in [0.05, 0.1) is 17.7 Å². The molecular weight excluding hydrogens is 504 g/mol. The number of rotatable bonds is 7. The van der Waals surface area contributed by atoms with Gasteiger partial charge < -0.3 is 26.0 Å². The van der Waals surface area contributed by atoms with E-state index in [1.165, 1.54) is 0 Å². The second kappa shape index (κ2) is 12.1. The van der Waals surface area contributed by atoms with Crippen LogP contribution in [0.5, 0.6) is 11.5 Å². The monoisotopic (exact) mass is 542 g/mol. The number of ether oxygens (including phenoxy) is 1. The van der Waals surface area contributed by atoms with Crippen LogP contribution in [0.15, 0.2) is 83.1 Å². The Labute approximate surface area is 235 Å². The smallest absolute Gasteiger partial charge is 0.246 e. The van der Waals surface area contributed by atoms with Crippen molar-refractivity contribution in [2.45, 2.75) is 24.9 Å². The number of amides is 1. The van der Waals surface area contributed by atoms with Crippen LogP contribution in [0.3, 0.4) is 0 Å². The second-order valence-electron chi connectivity index (χ2n) is 10.6. The van der Waals surface area contributed by atoms with E-state index >= 15 is 0 Å². The van der Waals surface area contributed by atoms with Crippen LogP contribution in [0.4, 0.5) is 0 Å². The van der Waals surface area contributed by atoms with E-state index in [0.29, 0.717) is 19.0 Å². The highest BCUT2D eigenvalue weighted by atomic mass is 16.5. The minimum absolute atomic E-state index is 0.0801. The molecule has 10 heteroatoms. The Kier molecular flexibility index (Phi) is 7.99. The van der Waals surface area contributed by atoms with E-state index in [9.17, 15) is 4.79 Å². The highest BCUT2D eigenvalue weighted by Gasteiger charge is 2.40. The quantitative estimate of drug-likeness (QED) is 0.393. The molecule has 40 heavy (non-hydrogen) atoms. The van der Waals surface area contributed by atoms with Gasteiger partial charge in [-0.1, -0.05) is 36.4 Å². The first-order valence-electron chi connectivity index (χ1n) is 14.2. The maximum atomic E-state index is 13.1. The maximum Gasteiger partial charge on any atom is 0.246 e. The molecule has 2 atom stereocenters. The van der Waals surface area contributed by atoms with Gasteiger partial charge in [0, 0.05) is 51.9 Å². The third-order valence-electron chi connectivity index (χ3n) is 7.92. The van der Waals surface area contributed by atoms with Gasteiger partial charge in [-0.3, -0.25) is 14.7 Å². The van der Waals surface area contributed by atoms with Crippen molar-refractivity contribution in [2.24, 2.45) is 10.7 Å². The number of hydrogen-bond acceptors (Lipinski definition) is 9. The minimum atomic E-state index is -0.151. The predicted octanol–water partition coefficient (Wildman–Crippen LogP) is 1.92. The van der Waals surface area contributed by atoms with E-state index in [-0.39, 0.29) is 18.0 Å². The van der Waals surface area contributed by atoms with Gasteiger partial charge in [-0.25, -0.2) is 10.4 Å². The highest BCUT2D eigenvalue weighted by Crippen LogP contribution is 2.36. The summed E-state index contributed by atoms with van der Waals surface area (Å²) in [7, 11) is 0. The summed E-state index contributed by atoms with van der Waals surface area (Å²) in [5.41, 5.74) is 12.1. The van der Waals surface area contributed by atoms with Crippen molar-refractivity contribution < 1.29 is 9.53 Å². The average molecular weight is 543 g/mol. The van der Waals surface area contributed by atoms with Crippen LogP contribution in [0.1, 0.15) is 24.4 Å². The van der Waals surface area contributed by atoms with Crippen LogP contribution >= 0.6 is 0 Å². The molecule has 1 amide bonds. The van der Waals surface area contributed by atoms with Crippen molar-refractivity contribution in [3.05, 3.63) is 83.7 Å². The Morgan fingerprint density at radius 3 is 2.62 bits per heavy atom. The molecule has 5 N–H and O–H groups in total. The molecule has 4 aliphatic rings. The maximum absolute atomic E-state index is 13.1. The first-order chi connectivity index (χ1) is 19.7. The lowest BCUT2D eigenvalue weighted by Gasteiger charge is -2.39. The fourth-order valence-electron chi connectivity index (χ4n) is 5.82. The van der Waals surface area contributed by atoms with E-state index < -0.39 is 0 Å². The molecule has 0 aromatic heterocycles. The van der Waals surface area contributed by atoms with E-state index in [1.807, 2.05) is 53.4 Å². The highest BCUT2D eigenvalue weighted by molar-refractivity contribution is 6.00. The van der Waals surface area contributed by atoms with Crippen molar-refractivity contribution in [3.8, 4) is 11.5 Å². The van der Waals surface area contributed by atoms with E-state index in [0.717, 1.165) is 80.6 Å². The van der Waals surface area contributed by atoms with Crippen LogP contribution in [-0.4, -0.2) is 85.1 Å². The van der Waals surface area contributed by atoms with Gasteiger partial charge in [0.25, 0.3) is 0 Å². The fraction of sp³-hybridized carbons (Fsp3) is 0.400. The Bertz CT molecular complexity index is 1270. The number of benzene rings is 2. The predicted molar refractivity (Wildman–Crippen MR) is 155 cm³/mol. The lowest BCUT2D eigenvalue weighted by molar-refractivity contribution is -0.128. The van der Waals surface area contributed by atoms with Crippen molar-refractivity contribution in [2.75, 3.05) is 52.5 Å². The number of nitrogens with zero attached hydrogens (tertiary/aromatic N) is 4. The van der Waals surface area contributed by atoms with Gasteiger partial charge in [-0.2, -0.15) is 0 Å². The summed E-state index contributed by atoms with van der Waals surface area (Å²) in [6.07, 6.45) is 5.68. The van der Waals surface area contributed by atoms with Crippen molar-refractivity contribution in [1.82, 2.24) is 30.9 Å². The Morgan fingerprint density at radius 1 is 1.05 bits per heavy atom. The fourth-order valence-corrected chi connectivity index (χ4v) is 5.82. The number of amidine groups is 1. The standard InChI is InChI=1S/C30H38N8O2/c31-29-27-28(22-10-12-25(13-11-22)40-24-7-2-1-3-8-24)35-38(30(27)34-21-33-29)23-6-4-17-37(20-23)26(39)9-5-16-36-18-14-32-15-19-36/h1-3,5,7-13,23,28,32,34-35H,4,6,14-21H2,(H2,31,33)/b9-5+/t23-,28?/m1/s1. The molecule has 6 rings (SSSR count). The van der Waals surface area contributed by atoms with Crippen molar-refractivity contribution in [1.29, 1.82) is 0 Å². The molecule has 1 unspecified atom stereocenters. The Hall–Kier alpha value is -3.86. The van der Waals surface area contributed by atoms with Crippen molar-refractivity contribution >= 4 is 11.7 Å². The number of hydrazine groups is 1. The normalized spacial score (nSPS) is 23.6. The van der Waals surface area contributed by atoms with Gasteiger partial charge in [0.15, 0.2) is 0 Å². The lowest BCUT2D eigenvalue weighted by Crippen LogP contribution is -2.53. The van der Waals surface area contributed by atoms with Crippen LogP contribution in [0.25, 0.3) is 0 Å².